The van der Waals surface area contributed by atoms with Gasteiger partial charge < -0.3 is 4.90 Å². The van der Waals surface area contributed by atoms with Crippen LogP contribution >= 0.6 is 0 Å². The lowest BCUT2D eigenvalue weighted by atomic mass is 9.91. The molecule has 1 fully saturated rings. The van der Waals surface area contributed by atoms with Crippen molar-refractivity contribution in [2.75, 3.05) is 7.05 Å². The van der Waals surface area contributed by atoms with Gasteiger partial charge in [0.05, 0.1) is 0 Å². The predicted molar refractivity (Wildman–Crippen MR) is 71.1 cm³/mol. The highest BCUT2D eigenvalue weighted by molar-refractivity contribution is 5.97. The summed E-state index contributed by atoms with van der Waals surface area (Å²) in [5.41, 5.74) is 1.54. The minimum absolute atomic E-state index is 0.150. The van der Waals surface area contributed by atoms with Crippen LogP contribution in [0.3, 0.4) is 0 Å². The zero-order valence-corrected chi connectivity index (χ0v) is 11.6. The molecule has 0 saturated heterocycles. The second-order valence-electron chi connectivity index (χ2n) is 5.47. The molecule has 1 amide bonds. The molecule has 1 aromatic heterocycles. The third kappa shape index (κ3) is 2.72. The molecule has 0 bridgehead atoms. The number of benzene rings is 1. The second-order valence-corrected chi connectivity index (χ2v) is 5.47. The zero-order valence-electron chi connectivity index (χ0n) is 11.6. The molecule has 1 aliphatic carbocycles. The molecule has 3 rings (SSSR count). The SMILES string of the molecule is CN(C(=O)c1ccc2nonc2c1)C1CCC(F)(F)CC1. The average molecular weight is 295 g/mol. The standard InChI is InChI=1S/C14H15F2N3O2/c1-19(10-4-6-14(15,16)7-5-10)13(20)9-2-3-11-12(8-9)18-21-17-11/h2-3,8,10H,4-7H2,1H3. The van der Waals surface area contributed by atoms with Gasteiger partial charge in [-0.05, 0) is 41.4 Å². The summed E-state index contributed by atoms with van der Waals surface area (Å²) < 4.78 is 30.9. The van der Waals surface area contributed by atoms with Crippen LogP contribution in [0.4, 0.5) is 8.78 Å². The number of carbonyl (C=O) groups excluding carboxylic acids is 1. The van der Waals surface area contributed by atoms with Crippen molar-refractivity contribution >= 4 is 16.9 Å². The number of halogens is 2. The Morgan fingerprint density at radius 3 is 2.67 bits per heavy atom. The van der Waals surface area contributed by atoms with Crippen molar-refractivity contribution in [3.63, 3.8) is 0 Å². The number of carbonyl (C=O) groups is 1. The van der Waals surface area contributed by atoms with Crippen molar-refractivity contribution < 1.29 is 18.2 Å². The number of rotatable bonds is 2. The molecule has 21 heavy (non-hydrogen) atoms. The molecule has 0 unspecified atom stereocenters. The Bertz CT molecular complexity index is 661. The molecule has 1 aliphatic rings. The number of amides is 1. The van der Waals surface area contributed by atoms with Crippen molar-refractivity contribution in [2.45, 2.75) is 37.6 Å². The van der Waals surface area contributed by atoms with Gasteiger partial charge in [0.1, 0.15) is 11.0 Å². The highest BCUT2D eigenvalue weighted by Crippen LogP contribution is 2.35. The Morgan fingerprint density at radius 1 is 1.29 bits per heavy atom. The minimum atomic E-state index is -2.59. The average Bonchev–Trinajstić information content (AvgIpc) is 2.93. The van der Waals surface area contributed by atoms with Crippen molar-refractivity contribution in [2.24, 2.45) is 0 Å². The maximum absolute atomic E-state index is 13.2. The van der Waals surface area contributed by atoms with Gasteiger partial charge in [-0.25, -0.2) is 13.4 Å². The van der Waals surface area contributed by atoms with Crippen LogP contribution in [0.25, 0.3) is 11.0 Å². The Hall–Kier alpha value is -2.05. The van der Waals surface area contributed by atoms with E-state index >= 15 is 0 Å². The normalized spacial score (nSPS) is 18.8. The zero-order chi connectivity index (χ0) is 15.0. The first-order valence-electron chi connectivity index (χ1n) is 6.84. The van der Waals surface area contributed by atoms with E-state index in [-0.39, 0.29) is 24.8 Å². The Balaban J connectivity index is 1.75. The van der Waals surface area contributed by atoms with Crippen molar-refractivity contribution in [3.8, 4) is 0 Å². The highest BCUT2D eigenvalue weighted by Gasteiger charge is 2.37. The lowest BCUT2D eigenvalue weighted by Gasteiger charge is -2.34. The first kappa shape index (κ1) is 13.9. The van der Waals surface area contributed by atoms with E-state index in [1.165, 1.54) is 0 Å². The molecule has 112 valence electrons. The minimum Gasteiger partial charge on any atom is -0.339 e. The van der Waals surface area contributed by atoms with Gasteiger partial charge in [-0.3, -0.25) is 4.79 Å². The van der Waals surface area contributed by atoms with E-state index in [0.717, 1.165) is 0 Å². The highest BCUT2D eigenvalue weighted by atomic mass is 19.3. The van der Waals surface area contributed by atoms with Crippen molar-refractivity contribution in [3.05, 3.63) is 23.8 Å². The molecule has 7 heteroatoms. The third-order valence-corrected chi connectivity index (χ3v) is 4.06. The van der Waals surface area contributed by atoms with Crippen LogP contribution in [0.5, 0.6) is 0 Å². The summed E-state index contributed by atoms with van der Waals surface area (Å²) in [6.07, 6.45) is 0.315. The van der Waals surface area contributed by atoms with Gasteiger partial charge in [0.15, 0.2) is 0 Å². The lowest BCUT2D eigenvalue weighted by Crippen LogP contribution is -2.41. The van der Waals surface area contributed by atoms with Crippen LogP contribution in [0.15, 0.2) is 22.8 Å². The number of aromatic nitrogens is 2. The van der Waals surface area contributed by atoms with Gasteiger partial charge in [-0.2, -0.15) is 0 Å². The van der Waals surface area contributed by atoms with Gasteiger partial charge in [-0.1, -0.05) is 0 Å². The Kier molecular flexibility index (Phi) is 3.35. The van der Waals surface area contributed by atoms with Crippen LogP contribution in [0, 0.1) is 0 Å². The fourth-order valence-corrected chi connectivity index (χ4v) is 2.70. The van der Waals surface area contributed by atoms with E-state index in [1.54, 1.807) is 30.1 Å². The number of fused-ring (bicyclic) bond motifs is 1. The molecule has 0 radical (unpaired) electrons. The molecule has 1 heterocycles. The number of hydrogen-bond donors (Lipinski definition) is 0. The second kappa shape index (κ2) is 5.05. The summed E-state index contributed by atoms with van der Waals surface area (Å²) in [7, 11) is 1.65. The Morgan fingerprint density at radius 2 is 1.95 bits per heavy atom. The molecule has 1 saturated carbocycles. The van der Waals surface area contributed by atoms with Crippen LogP contribution < -0.4 is 0 Å². The van der Waals surface area contributed by atoms with Gasteiger partial charge in [0, 0.05) is 31.5 Å². The van der Waals surface area contributed by atoms with E-state index in [0.29, 0.717) is 29.4 Å². The fraction of sp³-hybridized carbons (Fsp3) is 0.500. The van der Waals surface area contributed by atoms with E-state index in [2.05, 4.69) is 14.9 Å². The third-order valence-electron chi connectivity index (χ3n) is 4.06. The summed E-state index contributed by atoms with van der Waals surface area (Å²) >= 11 is 0. The molecule has 0 atom stereocenters. The van der Waals surface area contributed by atoms with Gasteiger partial charge >= 0.3 is 0 Å². The van der Waals surface area contributed by atoms with Crippen molar-refractivity contribution in [1.82, 2.24) is 15.2 Å². The molecule has 0 aliphatic heterocycles. The molecular formula is C14H15F2N3O2. The van der Waals surface area contributed by atoms with Crippen LogP contribution in [-0.4, -0.2) is 40.1 Å². The van der Waals surface area contributed by atoms with E-state index < -0.39 is 5.92 Å². The van der Waals surface area contributed by atoms with Crippen LogP contribution in [-0.2, 0) is 0 Å². The molecule has 0 spiro atoms. The molecule has 2 aromatic rings. The number of hydrogen-bond acceptors (Lipinski definition) is 4. The maximum Gasteiger partial charge on any atom is 0.253 e. The monoisotopic (exact) mass is 295 g/mol. The largest absolute Gasteiger partial charge is 0.339 e. The van der Waals surface area contributed by atoms with Gasteiger partial charge in [0.25, 0.3) is 5.91 Å². The first-order valence-corrected chi connectivity index (χ1v) is 6.84. The smallest absolute Gasteiger partial charge is 0.253 e. The predicted octanol–water partition coefficient (Wildman–Crippen LogP) is 2.87. The first-order chi connectivity index (χ1) is 9.96. The Labute approximate surface area is 119 Å². The summed E-state index contributed by atoms with van der Waals surface area (Å²) in [4.78, 5) is 14.0. The summed E-state index contributed by atoms with van der Waals surface area (Å²) in [6.45, 7) is 0. The van der Waals surface area contributed by atoms with Gasteiger partial charge in [0.2, 0.25) is 5.92 Å². The fourth-order valence-electron chi connectivity index (χ4n) is 2.70. The number of alkyl halides is 2. The quantitative estimate of drug-likeness (QED) is 0.854. The lowest BCUT2D eigenvalue weighted by molar-refractivity contribution is -0.0490. The van der Waals surface area contributed by atoms with E-state index in [4.69, 9.17) is 0 Å². The van der Waals surface area contributed by atoms with Gasteiger partial charge in [-0.15, -0.1) is 0 Å². The molecule has 5 nitrogen and oxygen atoms in total. The summed E-state index contributed by atoms with van der Waals surface area (Å²) in [6, 6.07) is 4.75. The maximum atomic E-state index is 13.2. The summed E-state index contributed by atoms with van der Waals surface area (Å²) in [5.74, 6) is -2.79. The summed E-state index contributed by atoms with van der Waals surface area (Å²) in [5, 5.41) is 7.37. The molecule has 0 N–H and O–H groups in total. The topological polar surface area (TPSA) is 59.2 Å². The van der Waals surface area contributed by atoms with E-state index in [1.807, 2.05) is 0 Å². The molecule has 1 aromatic carbocycles. The number of nitrogens with zero attached hydrogens (tertiary/aromatic N) is 3. The van der Waals surface area contributed by atoms with E-state index in [9.17, 15) is 13.6 Å². The molecular weight excluding hydrogens is 280 g/mol. The van der Waals surface area contributed by atoms with Crippen molar-refractivity contribution in [1.29, 1.82) is 0 Å². The van der Waals surface area contributed by atoms with Crippen LogP contribution in [0.2, 0.25) is 0 Å². The van der Waals surface area contributed by atoms with Crippen LogP contribution in [0.1, 0.15) is 36.0 Å².